The van der Waals surface area contributed by atoms with E-state index >= 15 is 0 Å². The van der Waals surface area contributed by atoms with Gasteiger partial charge in [-0.1, -0.05) is 268 Å². The molecule has 1 unspecified atom stereocenters. The van der Waals surface area contributed by atoms with Gasteiger partial charge in [0.15, 0.2) is 6.10 Å². The fourth-order valence-corrected chi connectivity index (χ4v) is 8.37. The Morgan fingerprint density at radius 3 is 0.840 bits per heavy atom. The molecule has 0 radical (unpaired) electrons. The van der Waals surface area contributed by atoms with Gasteiger partial charge in [-0.25, -0.2) is 0 Å². The first-order chi connectivity index (χ1) is 40.0. The third-order valence-electron chi connectivity index (χ3n) is 13.2. The summed E-state index contributed by atoms with van der Waals surface area (Å²) in [6.45, 7) is 6.32. The molecule has 0 aromatic carbocycles. The van der Waals surface area contributed by atoms with E-state index in [4.69, 9.17) is 14.2 Å². The van der Waals surface area contributed by atoms with E-state index in [2.05, 4.69) is 191 Å². The van der Waals surface area contributed by atoms with Crippen molar-refractivity contribution in [3.05, 3.63) is 170 Å². The Balaban J connectivity index is 4.55. The largest absolute Gasteiger partial charge is 0.462 e. The maximum atomic E-state index is 12.9. The number of hydrogen-bond acceptors (Lipinski definition) is 6. The van der Waals surface area contributed by atoms with Gasteiger partial charge < -0.3 is 14.2 Å². The lowest BCUT2D eigenvalue weighted by molar-refractivity contribution is -0.167. The third-order valence-corrected chi connectivity index (χ3v) is 13.2. The molecule has 0 aromatic heterocycles. The molecule has 1 atom stereocenters. The van der Waals surface area contributed by atoms with E-state index in [1.807, 2.05) is 0 Å². The number of unbranched alkanes of at least 4 members (excludes halogenated alkanes) is 18. The second kappa shape index (κ2) is 67.3. The van der Waals surface area contributed by atoms with Gasteiger partial charge in [-0.15, -0.1) is 0 Å². The Morgan fingerprint density at radius 2 is 0.494 bits per heavy atom. The topological polar surface area (TPSA) is 78.9 Å². The molecule has 0 saturated carbocycles. The number of hydrogen-bond donors (Lipinski definition) is 0. The Labute approximate surface area is 498 Å². The van der Waals surface area contributed by atoms with Crippen LogP contribution in [0.2, 0.25) is 0 Å². The van der Waals surface area contributed by atoms with Gasteiger partial charge in [-0.2, -0.15) is 0 Å². The molecule has 0 heterocycles. The van der Waals surface area contributed by atoms with Gasteiger partial charge in [0.1, 0.15) is 13.2 Å². The van der Waals surface area contributed by atoms with Crippen LogP contribution in [0, 0.1) is 0 Å². The summed E-state index contributed by atoms with van der Waals surface area (Å²) in [7, 11) is 0. The van der Waals surface area contributed by atoms with Crippen molar-refractivity contribution in [2.45, 2.75) is 271 Å². The zero-order valence-electron chi connectivity index (χ0n) is 52.0. The average molecular weight is 1120 g/mol. The van der Waals surface area contributed by atoms with Crippen LogP contribution in [0.4, 0.5) is 0 Å². The second-order valence-electron chi connectivity index (χ2n) is 20.9. The van der Waals surface area contributed by atoms with Crippen LogP contribution in [0.25, 0.3) is 0 Å². The van der Waals surface area contributed by atoms with E-state index in [1.54, 1.807) is 0 Å². The van der Waals surface area contributed by atoms with E-state index in [1.165, 1.54) is 89.9 Å². The summed E-state index contributed by atoms with van der Waals surface area (Å²) in [5, 5.41) is 0. The second-order valence-corrected chi connectivity index (χ2v) is 20.9. The minimum absolute atomic E-state index is 0.127. The van der Waals surface area contributed by atoms with E-state index < -0.39 is 6.10 Å². The molecule has 0 spiro atoms. The van der Waals surface area contributed by atoms with Crippen LogP contribution in [0.5, 0.6) is 0 Å². The quantitative estimate of drug-likeness (QED) is 0.0261. The van der Waals surface area contributed by atoms with E-state index in [0.29, 0.717) is 19.3 Å². The summed E-state index contributed by atoms with van der Waals surface area (Å²) in [6, 6.07) is 0. The monoisotopic (exact) mass is 1110 g/mol. The minimum Gasteiger partial charge on any atom is -0.462 e. The highest BCUT2D eigenvalue weighted by molar-refractivity contribution is 5.71. The number of rotatable bonds is 57. The number of carbonyl (C=O) groups excluding carboxylic acids is 3. The van der Waals surface area contributed by atoms with Crippen LogP contribution in [0.3, 0.4) is 0 Å². The summed E-state index contributed by atoms with van der Waals surface area (Å²) >= 11 is 0. The summed E-state index contributed by atoms with van der Waals surface area (Å²) in [5.74, 6) is -1.03. The molecule has 0 bridgehead atoms. The molecule has 0 aliphatic rings. The molecule has 6 heteroatoms. The highest BCUT2D eigenvalue weighted by Gasteiger charge is 2.19. The van der Waals surface area contributed by atoms with Crippen LogP contribution < -0.4 is 0 Å². The summed E-state index contributed by atoms with van der Waals surface area (Å²) in [4.78, 5) is 38.3. The highest BCUT2D eigenvalue weighted by Crippen LogP contribution is 2.14. The molecule has 0 aromatic rings. The molecule has 0 N–H and O–H groups in total. The number of esters is 3. The number of carbonyl (C=O) groups is 3. The normalized spacial score (nSPS) is 13.3. The molecule has 0 aliphatic heterocycles. The Bertz CT molecular complexity index is 1860. The molecule has 0 fully saturated rings. The van der Waals surface area contributed by atoms with Crippen molar-refractivity contribution >= 4 is 17.9 Å². The average Bonchev–Trinajstić information content (AvgIpc) is 3.47. The van der Waals surface area contributed by atoms with Crippen LogP contribution in [-0.4, -0.2) is 37.2 Å². The van der Waals surface area contributed by atoms with Crippen LogP contribution in [0.1, 0.15) is 265 Å². The lowest BCUT2D eigenvalue weighted by atomic mass is 10.1. The van der Waals surface area contributed by atoms with E-state index in [0.717, 1.165) is 122 Å². The predicted molar refractivity (Wildman–Crippen MR) is 352 cm³/mol. The molecule has 0 rings (SSSR count). The molecule has 6 nitrogen and oxygen atoms in total. The van der Waals surface area contributed by atoms with Gasteiger partial charge in [-0.3, -0.25) is 14.4 Å². The zero-order valence-corrected chi connectivity index (χ0v) is 52.0. The zero-order chi connectivity index (χ0) is 58.5. The minimum atomic E-state index is -0.831. The van der Waals surface area contributed by atoms with Crippen molar-refractivity contribution in [1.29, 1.82) is 0 Å². The van der Waals surface area contributed by atoms with Crippen LogP contribution in [0.15, 0.2) is 170 Å². The number of ether oxygens (including phenoxy) is 3. The van der Waals surface area contributed by atoms with Gasteiger partial charge in [0, 0.05) is 19.3 Å². The van der Waals surface area contributed by atoms with Gasteiger partial charge >= 0.3 is 17.9 Å². The Kier molecular flexibility index (Phi) is 62.9. The summed E-state index contributed by atoms with van der Waals surface area (Å²) in [5.41, 5.74) is 0. The third kappa shape index (κ3) is 65.5. The van der Waals surface area contributed by atoms with Crippen molar-refractivity contribution in [2.75, 3.05) is 13.2 Å². The Morgan fingerprint density at radius 1 is 0.259 bits per heavy atom. The first-order valence-electron chi connectivity index (χ1n) is 32.6. The fourth-order valence-electron chi connectivity index (χ4n) is 8.37. The summed E-state index contributed by atoms with van der Waals surface area (Å²) in [6.07, 6.45) is 99.4. The number of allylic oxidation sites excluding steroid dienone is 28. The van der Waals surface area contributed by atoms with E-state index in [-0.39, 0.29) is 44.0 Å². The first-order valence-corrected chi connectivity index (χ1v) is 32.6. The molecular formula is C75H118O6. The highest BCUT2D eigenvalue weighted by atomic mass is 16.6. The van der Waals surface area contributed by atoms with Crippen molar-refractivity contribution in [2.24, 2.45) is 0 Å². The summed E-state index contributed by atoms with van der Waals surface area (Å²) < 4.78 is 16.8. The van der Waals surface area contributed by atoms with Gasteiger partial charge in [0.25, 0.3) is 0 Å². The molecule has 0 saturated heterocycles. The van der Waals surface area contributed by atoms with Crippen LogP contribution >= 0.6 is 0 Å². The Hall–Kier alpha value is -5.23. The molecule has 81 heavy (non-hydrogen) atoms. The van der Waals surface area contributed by atoms with Crippen molar-refractivity contribution in [3.63, 3.8) is 0 Å². The van der Waals surface area contributed by atoms with Gasteiger partial charge in [0.2, 0.25) is 0 Å². The predicted octanol–water partition coefficient (Wildman–Crippen LogP) is 22.7. The SMILES string of the molecule is CC/C=C\C/C=C\C/C=C\C/C=C\C/C=C\C/C=C\C/C=C\C/C=C\CCCCC(=O)OCC(COC(=O)CCC/C=C\C/C=C\C/C=C\C/C=C\C/C=C\CC)OC(=O)CCCCCCCCCCC/C=C\CCCCCCCC. The lowest BCUT2D eigenvalue weighted by Gasteiger charge is -2.18. The molecule has 0 aliphatic carbocycles. The van der Waals surface area contributed by atoms with E-state index in [9.17, 15) is 14.4 Å². The maximum Gasteiger partial charge on any atom is 0.306 e. The van der Waals surface area contributed by atoms with Crippen molar-refractivity contribution in [1.82, 2.24) is 0 Å². The molecule has 454 valence electrons. The van der Waals surface area contributed by atoms with Crippen molar-refractivity contribution in [3.8, 4) is 0 Å². The van der Waals surface area contributed by atoms with Gasteiger partial charge in [0.05, 0.1) is 0 Å². The molecular weight excluding hydrogens is 997 g/mol. The van der Waals surface area contributed by atoms with Crippen LogP contribution in [-0.2, 0) is 28.6 Å². The maximum absolute atomic E-state index is 12.9. The fraction of sp³-hybridized carbons (Fsp3) is 0.587. The van der Waals surface area contributed by atoms with Gasteiger partial charge in [-0.05, 0) is 148 Å². The first kappa shape index (κ1) is 75.8. The molecule has 0 amide bonds. The van der Waals surface area contributed by atoms with Crippen molar-refractivity contribution < 1.29 is 28.6 Å². The smallest absolute Gasteiger partial charge is 0.306 e. The standard InChI is InChI=1S/C75H118O6/c1-4-7-10-13-16-19-22-25-28-31-33-34-35-36-37-38-39-40-42-44-47-50-53-56-59-62-65-68-74(77)80-71-72(70-79-73(76)67-64-61-58-55-52-49-46-43-30-27-24-21-18-15-12-9-6-3)81-75(78)69-66-63-60-57-54-51-48-45-41-32-29-26-23-20-17-14-11-8-5-2/h7,9-10,12,16,18-19,21,25-30,33-34,36-37,39-40,44,46-47,49,53,55-56,58,72H,4-6,8,11,13-15,17,20,22-24,31-32,35,38,41-43,45,48,50-52,54,57,59-71H2,1-3H3/b10-7-,12-9-,19-16-,21-18-,28-25-,29-26-,30-27-,34-33-,37-36-,40-39-,47-44-,49-46-,56-53-,58-55-. The lowest BCUT2D eigenvalue weighted by Crippen LogP contribution is -2.30.